The van der Waals surface area contributed by atoms with Crippen molar-refractivity contribution in [1.29, 1.82) is 0 Å². The molecule has 1 aromatic carbocycles. The van der Waals surface area contributed by atoms with E-state index in [4.69, 9.17) is 11.6 Å². The van der Waals surface area contributed by atoms with Crippen LogP contribution in [0.4, 0.5) is 0 Å². The first kappa shape index (κ1) is 17.0. The summed E-state index contributed by atoms with van der Waals surface area (Å²) in [5, 5.41) is 0. The van der Waals surface area contributed by atoms with Crippen molar-refractivity contribution in [3.8, 4) is 0 Å². The molecule has 1 aromatic rings. The quantitative estimate of drug-likeness (QED) is 0.757. The van der Waals surface area contributed by atoms with Crippen LogP contribution in [0.25, 0.3) is 0 Å². The fourth-order valence-electron chi connectivity index (χ4n) is 1.76. The number of sulfonamides is 1. The molecule has 0 atom stereocenters. The zero-order valence-corrected chi connectivity index (χ0v) is 14.7. The third kappa shape index (κ3) is 4.45. The van der Waals surface area contributed by atoms with Gasteiger partial charge in [-0.15, -0.1) is 11.6 Å². The molecule has 0 aliphatic carbocycles. The summed E-state index contributed by atoms with van der Waals surface area (Å²) in [4.78, 5) is 0.271. The number of rotatable bonds is 4. The van der Waals surface area contributed by atoms with E-state index in [1.54, 1.807) is 25.2 Å². The van der Waals surface area contributed by atoms with Crippen LogP contribution in [-0.2, 0) is 15.9 Å². The maximum atomic E-state index is 12.5. The van der Waals surface area contributed by atoms with Crippen molar-refractivity contribution in [1.82, 2.24) is 4.31 Å². The van der Waals surface area contributed by atoms with Crippen LogP contribution in [0.2, 0.25) is 0 Å². The molecule has 0 unspecified atom stereocenters. The second-order valence-corrected chi connectivity index (χ2v) is 8.86. The van der Waals surface area contributed by atoms with Crippen LogP contribution in [0.1, 0.15) is 26.3 Å². The fraction of sp³-hybridized carbons (Fsp3) is 0.538. The molecule has 0 bridgehead atoms. The predicted molar refractivity (Wildman–Crippen MR) is 83.0 cm³/mol. The first-order valence-corrected chi connectivity index (χ1v) is 8.65. The fourth-order valence-corrected chi connectivity index (χ4v) is 4.40. The van der Waals surface area contributed by atoms with Crippen LogP contribution >= 0.6 is 27.5 Å². The lowest BCUT2D eigenvalue weighted by Gasteiger charge is -2.26. The van der Waals surface area contributed by atoms with Gasteiger partial charge in [-0.3, -0.25) is 0 Å². The largest absolute Gasteiger partial charge is 0.243 e. The zero-order chi connectivity index (χ0) is 14.8. The number of hydrogen-bond donors (Lipinski definition) is 0. The van der Waals surface area contributed by atoms with Crippen LogP contribution in [0.15, 0.2) is 27.6 Å². The number of hydrogen-bond acceptors (Lipinski definition) is 2. The molecule has 0 aliphatic heterocycles. The van der Waals surface area contributed by atoms with Gasteiger partial charge in [-0.1, -0.05) is 26.8 Å². The van der Waals surface area contributed by atoms with E-state index in [-0.39, 0.29) is 10.3 Å². The van der Waals surface area contributed by atoms with Gasteiger partial charge in [0.2, 0.25) is 10.0 Å². The number of nitrogens with zero attached hydrogens (tertiary/aromatic N) is 1. The molecule has 0 saturated carbocycles. The highest BCUT2D eigenvalue weighted by atomic mass is 79.9. The smallest absolute Gasteiger partial charge is 0.207 e. The van der Waals surface area contributed by atoms with Crippen molar-refractivity contribution in [3.63, 3.8) is 0 Å². The van der Waals surface area contributed by atoms with E-state index in [2.05, 4.69) is 15.9 Å². The molecule has 3 nitrogen and oxygen atoms in total. The van der Waals surface area contributed by atoms with Crippen LogP contribution in [0.5, 0.6) is 0 Å². The van der Waals surface area contributed by atoms with Gasteiger partial charge in [-0.05, 0) is 39.0 Å². The topological polar surface area (TPSA) is 37.4 Å². The van der Waals surface area contributed by atoms with Crippen LogP contribution in [0.3, 0.4) is 0 Å². The van der Waals surface area contributed by atoms with Gasteiger partial charge in [0.25, 0.3) is 0 Å². The maximum absolute atomic E-state index is 12.5. The maximum Gasteiger partial charge on any atom is 0.243 e. The van der Waals surface area contributed by atoms with E-state index in [0.717, 1.165) is 5.56 Å². The first-order chi connectivity index (χ1) is 8.58. The highest BCUT2D eigenvalue weighted by Gasteiger charge is 2.26. The van der Waals surface area contributed by atoms with E-state index in [9.17, 15) is 8.42 Å². The average molecular weight is 369 g/mol. The minimum absolute atomic E-state index is 0.0929. The van der Waals surface area contributed by atoms with E-state index in [1.165, 1.54) is 4.31 Å². The molecule has 0 saturated heterocycles. The molecule has 1 rings (SSSR count). The summed E-state index contributed by atoms with van der Waals surface area (Å²) in [5.74, 6) is 0.358. The van der Waals surface area contributed by atoms with E-state index in [1.807, 2.05) is 20.8 Å². The Hall–Kier alpha value is -0.100. The van der Waals surface area contributed by atoms with Crippen molar-refractivity contribution < 1.29 is 8.42 Å². The van der Waals surface area contributed by atoms with Crippen LogP contribution in [0, 0.1) is 5.41 Å². The van der Waals surface area contributed by atoms with Gasteiger partial charge in [-0.25, -0.2) is 12.7 Å². The Morgan fingerprint density at radius 1 is 1.32 bits per heavy atom. The summed E-state index contributed by atoms with van der Waals surface area (Å²) in [6, 6.07) is 5.07. The standard InChI is InChI=1S/C13H19BrClNO2S/c1-13(2,3)9-16(4)19(17,18)12-6-5-10(8-15)7-11(12)14/h5-7H,8-9H2,1-4H3. The molecule has 0 aromatic heterocycles. The lowest BCUT2D eigenvalue weighted by atomic mass is 9.97. The minimum Gasteiger partial charge on any atom is -0.207 e. The normalized spacial score (nSPS) is 13.0. The van der Waals surface area contributed by atoms with Gasteiger partial charge in [-0.2, -0.15) is 0 Å². The molecule has 6 heteroatoms. The second kappa shape index (κ2) is 6.12. The second-order valence-electron chi connectivity index (χ2n) is 5.72. The Labute approximate surface area is 129 Å². The lowest BCUT2D eigenvalue weighted by Crippen LogP contribution is -2.34. The monoisotopic (exact) mass is 367 g/mol. The Balaban J connectivity index is 3.13. The molecular formula is C13H19BrClNO2S. The van der Waals surface area contributed by atoms with Gasteiger partial charge >= 0.3 is 0 Å². The molecule has 19 heavy (non-hydrogen) atoms. The van der Waals surface area contributed by atoms with Gasteiger partial charge in [0.1, 0.15) is 0 Å². The summed E-state index contributed by atoms with van der Waals surface area (Å²) < 4.78 is 26.9. The molecule has 0 radical (unpaired) electrons. The van der Waals surface area contributed by atoms with Gasteiger partial charge in [0.05, 0.1) is 4.90 Å². The zero-order valence-electron chi connectivity index (χ0n) is 11.6. The van der Waals surface area contributed by atoms with Crippen molar-refractivity contribution in [2.24, 2.45) is 5.41 Å². The summed E-state index contributed by atoms with van der Waals surface area (Å²) in [5.41, 5.74) is 0.788. The van der Waals surface area contributed by atoms with E-state index in [0.29, 0.717) is 16.9 Å². The lowest BCUT2D eigenvalue weighted by molar-refractivity contribution is 0.310. The predicted octanol–water partition coefficient (Wildman–Crippen LogP) is 3.85. The van der Waals surface area contributed by atoms with Crippen molar-refractivity contribution in [2.45, 2.75) is 31.5 Å². The van der Waals surface area contributed by atoms with Crippen LogP contribution < -0.4 is 0 Å². The van der Waals surface area contributed by atoms with Crippen LogP contribution in [-0.4, -0.2) is 26.3 Å². The van der Waals surface area contributed by atoms with E-state index >= 15 is 0 Å². The van der Waals surface area contributed by atoms with Gasteiger partial charge < -0.3 is 0 Å². The van der Waals surface area contributed by atoms with Crippen molar-refractivity contribution >= 4 is 37.6 Å². The molecule has 0 amide bonds. The minimum atomic E-state index is -3.48. The first-order valence-electron chi connectivity index (χ1n) is 5.88. The highest BCUT2D eigenvalue weighted by molar-refractivity contribution is 9.10. The Morgan fingerprint density at radius 2 is 1.89 bits per heavy atom. The Bertz CT molecular complexity index is 552. The molecule has 0 spiro atoms. The molecule has 0 heterocycles. The molecular weight excluding hydrogens is 350 g/mol. The summed E-state index contributed by atoms with van der Waals surface area (Å²) in [7, 11) is -1.88. The van der Waals surface area contributed by atoms with Gasteiger partial charge in [0, 0.05) is 23.9 Å². The number of benzene rings is 1. The Kier molecular flexibility index (Phi) is 5.46. The number of halogens is 2. The summed E-state index contributed by atoms with van der Waals surface area (Å²) >= 11 is 9.04. The van der Waals surface area contributed by atoms with Crippen molar-refractivity contribution in [3.05, 3.63) is 28.2 Å². The highest BCUT2D eigenvalue weighted by Crippen LogP contribution is 2.28. The third-order valence-electron chi connectivity index (χ3n) is 2.54. The molecule has 0 fully saturated rings. The summed E-state index contributed by atoms with van der Waals surface area (Å²) in [6.45, 7) is 6.47. The average Bonchev–Trinajstić information content (AvgIpc) is 2.26. The summed E-state index contributed by atoms with van der Waals surface area (Å²) in [6.07, 6.45) is 0. The molecule has 108 valence electrons. The molecule has 0 aliphatic rings. The van der Waals surface area contributed by atoms with Crippen molar-refractivity contribution in [2.75, 3.05) is 13.6 Å². The Morgan fingerprint density at radius 3 is 2.32 bits per heavy atom. The number of alkyl halides is 1. The molecule has 0 N–H and O–H groups in total. The third-order valence-corrected chi connectivity index (χ3v) is 5.62. The van der Waals surface area contributed by atoms with Gasteiger partial charge in [0.15, 0.2) is 0 Å². The SMILES string of the molecule is CN(CC(C)(C)C)S(=O)(=O)c1ccc(CCl)cc1Br. The van der Waals surface area contributed by atoms with E-state index < -0.39 is 10.0 Å².